The van der Waals surface area contributed by atoms with E-state index in [1.807, 2.05) is 20.9 Å². The van der Waals surface area contributed by atoms with E-state index >= 15 is 0 Å². The van der Waals surface area contributed by atoms with E-state index in [-0.39, 0.29) is 23.5 Å². The summed E-state index contributed by atoms with van der Waals surface area (Å²) in [5.74, 6) is -0.0880. The smallest absolute Gasteiger partial charge is 0.226 e. The van der Waals surface area contributed by atoms with Gasteiger partial charge in [0.05, 0.1) is 12.1 Å². The van der Waals surface area contributed by atoms with Crippen molar-refractivity contribution in [3.05, 3.63) is 47.6 Å². The lowest BCUT2D eigenvalue weighted by Gasteiger charge is -2.26. The van der Waals surface area contributed by atoms with E-state index < -0.39 is 18.1 Å². The van der Waals surface area contributed by atoms with Crippen molar-refractivity contribution < 1.29 is 14.2 Å². The number of aromatic nitrogens is 5. The molecule has 2 saturated heterocycles. The van der Waals surface area contributed by atoms with Crippen LogP contribution in [-0.4, -0.2) is 56.1 Å². The van der Waals surface area contributed by atoms with E-state index in [0.29, 0.717) is 17.0 Å². The van der Waals surface area contributed by atoms with Crippen molar-refractivity contribution in [3.8, 4) is 0 Å². The van der Waals surface area contributed by atoms with Gasteiger partial charge in [0.25, 0.3) is 0 Å². The van der Waals surface area contributed by atoms with Crippen LogP contribution in [0.1, 0.15) is 43.7 Å². The molecule has 0 unspecified atom stereocenters. The lowest BCUT2D eigenvalue weighted by molar-refractivity contribution is -0.192. The molecule has 3 aliphatic rings. The fourth-order valence-electron chi connectivity index (χ4n) is 5.15. The molecule has 0 amide bonds. The lowest BCUT2D eigenvalue weighted by atomic mass is 10.1. The predicted octanol–water partition coefficient (Wildman–Crippen LogP) is 3.25. The Morgan fingerprint density at radius 3 is 2.81 bits per heavy atom. The van der Waals surface area contributed by atoms with E-state index in [9.17, 15) is 0 Å². The van der Waals surface area contributed by atoms with E-state index in [2.05, 4.69) is 56.4 Å². The lowest BCUT2D eigenvalue weighted by Crippen LogP contribution is -2.28. The number of benzene rings is 1. The Kier molecular flexibility index (Phi) is 4.49. The summed E-state index contributed by atoms with van der Waals surface area (Å²) >= 11 is 6.37. The Balaban J connectivity index is 1.40. The highest BCUT2D eigenvalue weighted by Gasteiger charge is 2.55. The molecular weight excluding hydrogens is 432 g/mol. The second kappa shape index (κ2) is 7.08. The molecule has 2 aromatic heterocycles. The molecule has 32 heavy (non-hydrogen) atoms. The molecule has 1 aromatic carbocycles. The molecule has 9 nitrogen and oxygen atoms in total. The summed E-state index contributed by atoms with van der Waals surface area (Å²) in [4.78, 5) is 11.1. The standard InChI is InChI=1S/C22H24ClN6O3/c1-11-16-17(32-22(2,3)31-16)20(30-11)29-19-15(26-27-29)18(24-21(23)25-19)28(4)14-10-9-12-7-5-6-8-13(12)14/h5-8,11,14,16-17,20H,1,9-10H2,2-4H3/t11-,14+,16-,17-,20-/m1/s1. The number of hydrogen-bond donors (Lipinski definition) is 0. The zero-order valence-electron chi connectivity index (χ0n) is 18.1. The molecule has 0 bridgehead atoms. The van der Waals surface area contributed by atoms with Crippen LogP contribution in [-0.2, 0) is 20.6 Å². The van der Waals surface area contributed by atoms with Crippen LogP contribution in [0.4, 0.5) is 5.82 Å². The Bertz CT molecular complexity index is 1200. The third-order valence-corrected chi connectivity index (χ3v) is 6.72. The number of ether oxygens (including phenoxy) is 3. The minimum atomic E-state index is -0.725. The van der Waals surface area contributed by atoms with Gasteiger partial charge < -0.3 is 19.1 Å². The molecule has 1 aliphatic carbocycles. The first-order valence-electron chi connectivity index (χ1n) is 10.8. The molecule has 4 heterocycles. The normalized spacial score (nSPS) is 30.6. The minimum Gasteiger partial charge on any atom is -0.351 e. The van der Waals surface area contributed by atoms with Gasteiger partial charge in [-0.2, -0.15) is 14.6 Å². The largest absolute Gasteiger partial charge is 0.351 e. The number of aryl methyl sites for hydroxylation is 1. The number of halogens is 1. The van der Waals surface area contributed by atoms with Gasteiger partial charge in [-0.1, -0.05) is 29.5 Å². The second-order valence-electron chi connectivity index (χ2n) is 9.02. The molecule has 0 spiro atoms. The Morgan fingerprint density at radius 2 is 1.97 bits per heavy atom. The summed E-state index contributed by atoms with van der Waals surface area (Å²) in [7, 11) is 2.01. The number of fused-ring (bicyclic) bond motifs is 3. The van der Waals surface area contributed by atoms with Gasteiger partial charge in [0.2, 0.25) is 5.28 Å². The number of anilines is 1. The maximum atomic E-state index is 6.37. The minimum absolute atomic E-state index is 0.124. The first kappa shape index (κ1) is 20.3. The van der Waals surface area contributed by atoms with Crippen molar-refractivity contribution in [1.29, 1.82) is 0 Å². The Labute approximate surface area is 190 Å². The summed E-state index contributed by atoms with van der Waals surface area (Å²) in [5, 5.41) is 8.91. The maximum absolute atomic E-state index is 6.37. The third kappa shape index (κ3) is 3.02. The van der Waals surface area contributed by atoms with Crippen molar-refractivity contribution in [2.75, 3.05) is 11.9 Å². The van der Waals surface area contributed by atoms with Gasteiger partial charge in [-0.15, -0.1) is 5.10 Å². The molecule has 10 heteroatoms. The summed E-state index contributed by atoms with van der Waals surface area (Å²) in [5.41, 5.74) is 3.71. The highest BCUT2D eigenvalue weighted by atomic mass is 35.5. The third-order valence-electron chi connectivity index (χ3n) is 6.55. The molecule has 6 rings (SSSR count). The summed E-state index contributed by atoms with van der Waals surface area (Å²) < 4.78 is 19.7. The second-order valence-corrected chi connectivity index (χ2v) is 9.35. The van der Waals surface area contributed by atoms with Crippen LogP contribution in [0.2, 0.25) is 5.28 Å². The zero-order chi connectivity index (χ0) is 22.2. The fraction of sp³-hybridized carbons (Fsp3) is 0.500. The molecule has 2 aliphatic heterocycles. The first-order chi connectivity index (χ1) is 15.3. The summed E-state index contributed by atoms with van der Waals surface area (Å²) in [6.45, 7) is 7.82. The Hall–Kier alpha value is -2.33. The van der Waals surface area contributed by atoms with Crippen molar-refractivity contribution in [3.63, 3.8) is 0 Å². The van der Waals surface area contributed by atoms with Gasteiger partial charge in [-0.3, -0.25) is 0 Å². The SMILES string of the molecule is [CH2][C@H]1O[C@@H](n2nnc3c(N(C)[C@H]4CCc5ccccc54)nc(Cl)nc32)[C@@H]2OC(C)(C)O[C@@H]21. The highest BCUT2D eigenvalue weighted by molar-refractivity contribution is 6.28. The average Bonchev–Trinajstić information content (AvgIpc) is 3.49. The van der Waals surface area contributed by atoms with Gasteiger partial charge >= 0.3 is 0 Å². The molecule has 0 N–H and O–H groups in total. The topological polar surface area (TPSA) is 87.4 Å². The molecule has 2 fully saturated rings. The monoisotopic (exact) mass is 455 g/mol. The quantitative estimate of drug-likeness (QED) is 0.556. The van der Waals surface area contributed by atoms with Crippen molar-refractivity contribution in [2.24, 2.45) is 0 Å². The van der Waals surface area contributed by atoms with Crippen LogP contribution < -0.4 is 4.90 Å². The first-order valence-corrected chi connectivity index (χ1v) is 11.1. The van der Waals surface area contributed by atoms with E-state index in [4.69, 9.17) is 25.8 Å². The average molecular weight is 456 g/mol. The van der Waals surface area contributed by atoms with Gasteiger partial charge in [-0.05, 0) is 56.3 Å². The summed E-state index contributed by atoms with van der Waals surface area (Å²) in [6.07, 6.45) is 0.354. The highest BCUT2D eigenvalue weighted by Crippen LogP contribution is 2.44. The van der Waals surface area contributed by atoms with Crippen molar-refractivity contribution in [2.45, 2.75) is 63.1 Å². The molecular formula is C22H24ClN6O3. The van der Waals surface area contributed by atoms with Crippen molar-refractivity contribution in [1.82, 2.24) is 25.0 Å². The molecule has 0 saturated carbocycles. The van der Waals surface area contributed by atoms with Crippen molar-refractivity contribution >= 4 is 28.6 Å². The number of rotatable bonds is 3. The zero-order valence-corrected chi connectivity index (χ0v) is 18.9. The van der Waals surface area contributed by atoms with E-state index in [0.717, 1.165) is 12.8 Å². The fourth-order valence-corrected chi connectivity index (χ4v) is 5.31. The van der Waals surface area contributed by atoms with Gasteiger partial charge in [0.1, 0.15) is 12.2 Å². The number of hydrogen-bond acceptors (Lipinski definition) is 8. The van der Waals surface area contributed by atoms with Gasteiger partial charge in [0, 0.05) is 7.05 Å². The van der Waals surface area contributed by atoms with Crippen LogP contribution in [0.5, 0.6) is 0 Å². The molecule has 167 valence electrons. The Morgan fingerprint density at radius 1 is 1.19 bits per heavy atom. The van der Waals surface area contributed by atoms with Crippen LogP contribution >= 0.6 is 11.6 Å². The molecule has 1 radical (unpaired) electrons. The van der Waals surface area contributed by atoms with Gasteiger partial charge in [-0.25, -0.2) is 0 Å². The van der Waals surface area contributed by atoms with Crippen LogP contribution in [0.15, 0.2) is 24.3 Å². The van der Waals surface area contributed by atoms with Crippen LogP contribution in [0.3, 0.4) is 0 Å². The molecule has 5 atom stereocenters. The van der Waals surface area contributed by atoms with Crippen LogP contribution in [0, 0.1) is 6.92 Å². The van der Waals surface area contributed by atoms with E-state index in [1.54, 1.807) is 4.68 Å². The summed E-state index contributed by atoms with van der Waals surface area (Å²) in [6, 6.07) is 8.66. The predicted molar refractivity (Wildman–Crippen MR) is 117 cm³/mol. The maximum Gasteiger partial charge on any atom is 0.226 e. The van der Waals surface area contributed by atoms with Crippen LogP contribution in [0.25, 0.3) is 11.2 Å². The van der Waals surface area contributed by atoms with Gasteiger partial charge in [0.15, 0.2) is 29.0 Å². The number of nitrogens with zero attached hydrogens (tertiary/aromatic N) is 6. The molecule has 3 aromatic rings. The van der Waals surface area contributed by atoms with E-state index in [1.165, 1.54) is 11.1 Å².